The van der Waals surface area contributed by atoms with Crippen LogP contribution in [0.15, 0.2) is 40.5 Å². The molecule has 2 aromatic heterocycles. The van der Waals surface area contributed by atoms with Crippen LogP contribution in [-0.2, 0) is 10.5 Å². The minimum atomic E-state index is -0.200. The second kappa shape index (κ2) is 11.1. The Bertz CT molecular complexity index is 1090. The molecule has 2 N–H and O–H groups in total. The van der Waals surface area contributed by atoms with Gasteiger partial charge in [0.2, 0.25) is 5.91 Å². The Balaban J connectivity index is 1.29. The standard InChI is InChI=1S/C24H30N4O2S2/c1-17(22(29)25-11-8-14-28-12-6-3-7-13-28)31-16-20-26-23(30)21-19(15-32-24(21)27-20)18-9-4-2-5-10-18/h2,4-5,9-10,15,17H,3,6-8,11-14,16H2,1H3,(H,25,29)(H,26,27,30)/t17-/m1/s1. The molecule has 1 amide bonds. The smallest absolute Gasteiger partial charge is 0.260 e. The fourth-order valence-electron chi connectivity index (χ4n) is 4.01. The van der Waals surface area contributed by atoms with Gasteiger partial charge in [-0.1, -0.05) is 36.8 Å². The van der Waals surface area contributed by atoms with E-state index in [1.807, 2.05) is 42.6 Å². The number of aromatic nitrogens is 2. The molecule has 1 aliphatic heterocycles. The number of piperidine rings is 1. The average Bonchev–Trinajstić information content (AvgIpc) is 3.26. The van der Waals surface area contributed by atoms with Gasteiger partial charge >= 0.3 is 0 Å². The van der Waals surface area contributed by atoms with Gasteiger partial charge in [0, 0.05) is 17.5 Å². The molecule has 32 heavy (non-hydrogen) atoms. The van der Waals surface area contributed by atoms with Crippen LogP contribution in [0.3, 0.4) is 0 Å². The molecule has 1 saturated heterocycles. The SMILES string of the molecule is C[C@@H](SCc1nc2scc(-c3ccccc3)c2c(=O)[nH]1)C(=O)NCCCN1CCCCC1. The first-order valence-corrected chi connectivity index (χ1v) is 13.2. The summed E-state index contributed by atoms with van der Waals surface area (Å²) in [6.07, 6.45) is 4.91. The molecule has 0 radical (unpaired) electrons. The molecule has 0 unspecified atom stereocenters. The van der Waals surface area contributed by atoms with Crippen molar-refractivity contribution in [2.24, 2.45) is 0 Å². The number of H-pyrrole nitrogens is 1. The third-order valence-electron chi connectivity index (χ3n) is 5.82. The molecule has 0 aliphatic carbocycles. The number of carbonyl (C=O) groups is 1. The number of likely N-dealkylation sites (tertiary alicyclic amines) is 1. The summed E-state index contributed by atoms with van der Waals surface area (Å²) in [6, 6.07) is 9.88. The van der Waals surface area contributed by atoms with Crippen LogP contribution >= 0.6 is 23.1 Å². The fourth-order valence-corrected chi connectivity index (χ4v) is 5.76. The van der Waals surface area contributed by atoms with Crippen LogP contribution in [0.5, 0.6) is 0 Å². The monoisotopic (exact) mass is 470 g/mol. The van der Waals surface area contributed by atoms with E-state index in [0.29, 0.717) is 23.5 Å². The molecule has 6 nitrogen and oxygen atoms in total. The molecular weight excluding hydrogens is 440 g/mol. The molecule has 3 heterocycles. The molecule has 3 aromatic rings. The number of benzene rings is 1. The predicted molar refractivity (Wildman–Crippen MR) is 134 cm³/mol. The van der Waals surface area contributed by atoms with Crippen molar-refractivity contribution in [3.63, 3.8) is 0 Å². The Morgan fingerprint density at radius 1 is 1.25 bits per heavy atom. The maximum Gasteiger partial charge on any atom is 0.260 e. The Morgan fingerprint density at radius 3 is 2.81 bits per heavy atom. The van der Waals surface area contributed by atoms with Crippen LogP contribution in [0.25, 0.3) is 21.3 Å². The number of nitrogens with zero attached hydrogens (tertiary/aromatic N) is 2. The lowest BCUT2D eigenvalue weighted by Crippen LogP contribution is -2.35. The molecule has 8 heteroatoms. The van der Waals surface area contributed by atoms with Crippen molar-refractivity contribution in [3.05, 3.63) is 51.9 Å². The van der Waals surface area contributed by atoms with Gasteiger partial charge in [0.25, 0.3) is 5.56 Å². The van der Waals surface area contributed by atoms with Gasteiger partial charge < -0.3 is 15.2 Å². The third-order valence-corrected chi connectivity index (χ3v) is 7.84. The molecule has 170 valence electrons. The zero-order valence-electron chi connectivity index (χ0n) is 18.4. The number of nitrogens with one attached hydrogen (secondary N) is 2. The van der Waals surface area contributed by atoms with Crippen molar-refractivity contribution in [3.8, 4) is 11.1 Å². The van der Waals surface area contributed by atoms with Crippen molar-refractivity contribution in [2.45, 2.75) is 43.6 Å². The Hall–Kier alpha value is -2.16. The summed E-state index contributed by atoms with van der Waals surface area (Å²) in [5.74, 6) is 1.14. The summed E-state index contributed by atoms with van der Waals surface area (Å²) >= 11 is 2.97. The highest BCUT2D eigenvalue weighted by molar-refractivity contribution is 7.99. The van der Waals surface area contributed by atoms with Gasteiger partial charge in [-0.2, -0.15) is 0 Å². The van der Waals surface area contributed by atoms with Crippen LogP contribution in [0.4, 0.5) is 0 Å². The van der Waals surface area contributed by atoms with E-state index in [4.69, 9.17) is 0 Å². The van der Waals surface area contributed by atoms with Gasteiger partial charge in [-0.3, -0.25) is 9.59 Å². The molecule has 4 rings (SSSR count). The fraction of sp³-hybridized carbons (Fsp3) is 0.458. The zero-order chi connectivity index (χ0) is 22.3. The van der Waals surface area contributed by atoms with Gasteiger partial charge in [0.1, 0.15) is 10.7 Å². The van der Waals surface area contributed by atoms with E-state index in [-0.39, 0.29) is 16.7 Å². The second-order valence-electron chi connectivity index (χ2n) is 8.21. The Morgan fingerprint density at radius 2 is 2.03 bits per heavy atom. The van der Waals surface area contributed by atoms with Crippen molar-refractivity contribution >= 4 is 39.2 Å². The normalized spacial score (nSPS) is 15.7. The Kier molecular flexibility index (Phi) is 8.00. The van der Waals surface area contributed by atoms with Crippen LogP contribution in [0.2, 0.25) is 0 Å². The van der Waals surface area contributed by atoms with E-state index in [1.54, 1.807) is 0 Å². The summed E-state index contributed by atoms with van der Waals surface area (Å²) in [5.41, 5.74) is 1.80. The van der Waals surface area contributed by atoms with Crippen LogP contribution < -0.4 is 10.9 Å². The van der Waals surface area contributed by atoms with E-state index < -0.39 is 0 Å². The predicted octanol–water partition coefficient (Wildman–Crippen LogP) is 4.27. The summed E-state index contributed by atoms with van der Waals surface area (Å²) in [6.45, 7) is 6.04. The first-order chi connectivity index (χ1) is 15.6. The van der Waals surface area contributed by atoms with Crippen molar-refractivity contribution in [2.75, 3.05) is 26.2 Å². The number of thioether (sulfide) groups is 1. The molecule has 1 aliphatic rings. The summed E-state index contributed by atoms with van der Waals surface area (Å²) in [4.78, 5) is 36.0. The third kappa shape index (κ3) is 5.79. The van der Waals surface area contributed by atoms with Gasteiger partial charge in [0.15, 0.2) is 0 Å². The molecule has 0 spiro atoms. The zero-order valence-corrected chi connectivity index (χ0v) is 20.1. The molecule has 1 fully saturated rings. The number of hydrogen-bond donors (Lipinski definition) is 2. The lowest BCUT2D eigenvalue weighted by Gasteiger charge is -2.26. The van der Waals surface area contributed by atoms with Crippen LogP contribution in [0.1, 0.15) is 38.4 Å². The van der Waals surface area contributed by atoms with Crippen molar-refractivity contribution in [1.29, 1.82) is 0 Å². The molecule has 0 bridgehead atoms. The van der Waals surface area contributed by atoms with Gasteiger partial charge in [0.05, 0.1) is 16.4 Å². The number of rotatable bonds is 9. The first kappa shape index (κ1) is 23.0. The maximum absolute atomic E-state index is 12.8. The quantitative estimate of drug-likeness (QED) is 0.457. The topological polar surface area (TPSA) is 78.1 Å². The van der Waals surface area contributed by atoms with Gasteiger partial charge in [-0.05, 0) is 51.4 Å². The molecule has 1 aromatic carbocycles. The van der Waals surface area contributed by atoms with E-state index in [1.165, 1.54) is 55.5 Å². The number of carbonyl (C=O) groups excluding carboxylic acids is 1. The van der Waals surface area contributed by atoms with Crippen LogP contribution in [-0.4, -0.2) is 52.2 Å². The minimum absolute atomic E-state index is 0.0413. The summed E-state index contributed by atoms with van der Waals surface area (Å²) < 4.78 is 0. The molecule has 1 atom stereocenters. The largest absolute Gasteiger partial charge is 0.355 e. The highest BCUT2D eigenvalue weighted by Gasteiger charge is 2.16. The van der Waals surface area contributed by atoms with E-state index in [2.05, 4.69) is 20.2 Å². The molecule has 0 saturated carbocycles. The maximum atomic E-state index is 12.8. The lowest BCUT2D eigenvalue weighted by atomic mass is 10.1. The van der Waals surface area contributed by atoms with Gasteiger partial charge in [-0.25, -0.2) is 4.98 Å². The lowest BCUT2D eigenvalue weighted by molar-refractivity contribution is -0.120. The first-order valence-electron chi connectivity index (χ1n) is 11.3. The van der Waals surface area contributed by atoms with Crippen molar-refractivity contribution in [1.82, 2.24) is 20.2 Å². The number of amides is 1. The summed E-state index contributed by atoms with van der Waals surface area (Å²) in [7, 11) is 0. The minimum Gasteiger partial charge on any atom is -0.355 e. The number of hydrogen-bond acceptors (Lipinski definition) is 6. The van der Waals surface area contributed by atoms with E-state index >= 15 is 0 Å². The van der Waals surface area contributed by atoms with Gasteiger partial charge in [-0.15, -0.1) is 23.1 Å². The second-order valence-corrected chi connectivity index (χ2v) is 10.4. The van der Waals surface area contributed by atoms with Crippen LogP contribution in [0, 0.1) is 0 Å². The average molecular weight is 471 g/mol. The highest BCUT2D eigenvalue weighted by Crippen LogP contribution is 2.30. The van der Waals surface area contributed by atoms with E-state index in [9.17, 15) is 9.59 Å². The van der Waals surface area contributed by atoms with Crippen molar-refractivity contribution < 1.29 is 4.79 Å². The van der Waals surface area contributed by atoms with E-state index in [0.717, 1.165) is 28.9 Å². The highest BCUT2D eigenvalue weighted by atomic mass is 32.2. The molecular formula is C24H30N4O2S2. The Labute approximate surface area is 196 Å². The number of thiophene rings is 1. The number of fused-ring (bicyclic) bond motifs is 1. The summed E-state index contributed by atoms with van der Waals surface area (Å²) in [5, 5.41) is 5.46. The number of aromatic amines is 1.